The minimum atomic E-state index is -5.64. The first-order valence-electron chi connectivity index (χ1n) is 8.37. The van der Waals surface area contributed by atoms with E-state index in [4.69, 9.17) is 5.73 Å². The molecule has 26 heavy (non-hydrogen) atoms. The maximum absolute atomic E-state index is 11.3. The van der Waals surface area contributed by atoms with Crippen LogP contribution in [0, 0.1) is 5.92 Å². The third-order valence-electron chi connectivity index (χ3n) is 4.70. The van der Waals surface area contributed by atoms with Gasteiger partial charge in [0, 0.05) is 12.5 Å². The van der Waals surface area contributed by atoms with Gasteiger partial charge in [-0.1, -0.05) is 11.8 Å². The molecule has 2 aliphatic rings. The van der Waals surface area contributed by atoms with Crippen molar-refractivity contribution >= 4 is 27.4 Å². The molecule has 0 aromatic carbocycles. The van der Waals surface area contributed by atoms with Crippen LogP contribution in [0.4, 0.5) is 0 Å². The van der Waals surface area contributed by atoms with Crippen molar-refractivity contribution in [1.82, 2.24) is 10.6 Å². The first-order valence-corrected chi connectivity index (χ1v) is 12.3. The van der Waals surface area contributed by atoms with Crippen LogP contribution >= 0.6 is 27.4 Å². The summed E-state index contributed by atoms with van der Waals surface area (Å²) in [7, 11) is -10.8. The maximum Gasteiger partial charge on any atom is 0.271 e. The molecule has 2 saturated heterocycles. The third kappa shape index (κ3) is 7.12. The molecule has 2 rings (SSSR count). The van der Waals surface area contributed by atoms with E-state index in [1.165, 1.54) is 4.90 Å². The van der Waals surface area contributed by atoms with Crippen molar-refractivity contribution in [3.8, 4) is 0 Å². The molecule has 7 atom stereocenters. The topological polar surface area (TPSA) is 176 Å². The maximum atomic E-state index is 11.3. The summed E-state index contributed by atoms with van der Waals surface area (Å²) in [5.74, 6) is 1.16. The Morgan fingerprint density at radius 1 is 1.31 bits per heavy atom. The molecule has 154 valence electrons. The normalized spacial score (nSPS) is 38.2. The number of thioether (sulfide) groups is 1. The number of nitrogens with one attached hydrogen (secondary N) is 3. The van der Waals surface area contributed by atoms with Gasteiger partial charge in [-0.25, -0.2) is 0 Å². The lowest BCUT2D eigenvalue weighted by atomic mass is 10.0. The Morgan fingerprint density at radius 2 is 2.00 bits per heavy atom. The standard InChI is InChI=1S/C12H28N4O7P2S/c1-8-11(3-4-22-25(20,21)23-24(17,18)19)26-7-16(8)6-10-5-14-9(2)15-12(10)13/h8-12,14-15H,3-7,13H2,1-2H3,(H,20,21)(H2,17,18,19)/p-2. The van der Waals surface area contributed by atoms with Gasteiger partial charge in [-0.15, -0.1) is 0 Å². The molecular weight excluding hydrogens is 406 g/mol. The van der Waals surface area contributed by atoms with Crippen LogP contribution in [-0.2, 0) is 18.0 Å². The Bertz CT molecular complexity index is 568. The molecule has 2 aliphatic heterocycles. The number of rotatable bonds is 8. The number of nitrogens with two attached hydrogens (primary N) is 1. The molecule has 0 saturated carbocycles. The van der Waals surface area contributed by atoms with Crippen LogP contribution in [-0.4, -0.2) is 49.2 Å². The van der Waals surface area contributed by atoms with Gasteiger partial charge in [0.2, 0.25) is 0 Å². The Labute approximate surface area is 157 Å². The molecule has 0 aliphatic carbocycles. The molecule has 0 radical (unpaired) electrons. The van der Waals surface area contributed by atoms with Gasteiger partial charge in [-0.3, -0.25) is 14.2 Å². The number of quaternary nitrogens is 1. The van der Waals surface area contributed by atoms with Crippen LogP contribution in [0.1, 0.15) is 20.3 Å². The highest BCUT2D eigenvalue weighted by Gasteiger charge is 2.38. The Hall–Kier alpha value is 0.450. The van der Waals surface area contributed by atoms with Gasteiger partial charge in [0.15, 0.2) is 0 Å². The van der Waals surface area contributed by atoms with Crippen LogP contribution in [0.25, 0.3) is 0 Å². The number of hydrogen-bond acceptors (Lipinski definition) is 11. The second-order valence-corrected chi connectivity index (χ2v) is 10.6. The molecule has 0 spiro atoms. The second-order valence-electron chi connectivity index (χ2n) is 6.68. The lowest BCUT2D eigenvalue weighted by molar-refractivity contribution is -0.908. The molecule has 7 unspecified atom stereocenters. The van der Waals surface area contributed by atoms with Crippen molar-refractivity contribution < 1.29 is 37.5 Å². The van der Waals surface area contributed by atoms with E-state index in [9.17, 15) is 23.8 Å². The first kappa shape index (κ1) is 22.7. The molecular formula is C12H26N4O7P2S-2. The van der Waals surface area contributed by atoms with Crippen molar-refractivity contribution in [3.63, 3.8) is 0 Å². The second kappa shape index (κ2) is 9.30. The van der Waals surface area contributed by atoms with Crippen molar-refractivity contribution in [2.75, 3.05) is 25.6 Å². The summed E-state index contributed by atoms with van der Waals surface area (Å²) in [5, 5.41) is 6.77. The van der Waals surface area contributed by atoms with E-state index in [1.807, 2.05) is 6.92 Å². The molecule has 2 fully saturated rings. The molecule has 0 aromatic heterocycles. The monoisotopic (exact) mass is 432 g/mol. The summed E-state index contributed by atoms with van der Waals surface area (Å²) in [6, 6.07) is 0.257. The summed E-state index contributed by atoms with van der Waals surface area (Å²) in [4.78, 5) is 33.4. The average Bonchev–Trinajstić information content (AvgIpc) is 2.80. The van der Waals surface area contributed by atoms with Gasteiger partial charge in [0.25, 0.3) is 7.82 Å². The number of phosphoric ester groups is 1. The van der Waals surface area contributed by atoms with Gasteiger partial charge >= 0.3 is 0 Å². The van der Waals surface area contributed by atoms with Gasteiger partial charge < -0.3 is 39.7 Å². The van der Waals surface area contributed by atoms with Crippen molar-refractivity contribution in [2.45, 2.75) is 43.9 Å². The van der Waals surface area contributed by atoms with Crippen LogP contribution in [0.15, 0.2) is 0 Å². The fraction of sp³-hybridized carbons (Fsp3) is 1.00. The Balaban J connectivity index is 1.76. The molecule has 0 amide bonds. The SMILES string of the molecule is CC1NCC(C[NH+]2CSC(CCOP(=O)([O-])OP(=O)([O-])[O-])C2C)C(N)N1. The molecule has 11 nitrogen and oxygen atoms in total. The summed E-state index contributed by atoms with van der Waals surface area (Å²) in [6.45, 7) is 5.59. The third-order valence-corrected chi connectivity index (χ3v) is 8.41. The number of hydrogen-bond donors (Lipinski definition) is 4. The fourth-order valence-electron chi connectivity index (χ4n) is 3.23. The largest absolute Gasteiger partial charge is 0.790 e. The minimum Gasteiger partial charge on any atom is -0.790 e. The van der Waals surface area contributed by atoms with Gasteiger partial charge in [0.1, 0.15) is 5.88 Å². The highest BCUT2D eigenvalue weighted by atomic mass is 32.2. The van der Waals surface area contributed by atoms with E-state index < -0.39 is 15.6 Å². The zero-order chi connectivity index (χ0) is 19.5. The van der Waals surface area contributed by atoms with Crippen LogP contribution < -0.4 is 35.9 Å². The predicted molar refractivity (Wildman–Crippen MR) is 90.5 cm³/mol. The Morgan fingerprint density at radius 3 is 2.62 bits per heavy atom. The van der Waals surface area contributed by atoms with E-state index in [0.29, 0.717) is 6.42 Å². The lowest BCUT2D eigenvalue weighted by Crippen LogP contribution is -3.14. The molecule has 0 aromatic rings. The van der Waals surface area contributed by atoms with E-state index in [-0.39, 0.29) is 36.1 Å². The van der Waals surface area contributed by atoms with E-state index >= 15 is 0 Å². The summed E-state index contributed by atoms with van der Waals surface area (Å²) < 4.78 is 29.5. The highest BCUT2D eigenvalue weighted by molar-refractivity contribution is 7.99. The molecule has 0 bridgehead atoms. The summed E-state index contributed by atoms with van der Waals surface area (Å²) in [6.07, 6.45) is 0.517. The zero-order valence-corrected chi connectivity index (χ0v) is 17.3. The average molecular weight is 432 g/mol. The van der Waals surface area contributed by atoms with Gasteiger partial charge in [0.05, 0.1) is 44.6 Å². The van der Waals surface area contributed by atoms with Crippen LogP contribution in [0.5, 0.6) is 0 Å². The Kier molecular flexibility index (Phi) is 8.13. The van der Waals surface area contributed by atoms with Crippen molar-refractivity contribution in [3.05, 3.63) is 0 Å². The van der Waals surface area contributed by atoms with E-state index in [1.54, 1.807) is 11.8 Å². The van der Waals surface area contributed by atoms with E-state index in [0.717, 1.165) is 19.0 Å². The smallest absolute Gasteiger partial charge is 0.271 e. The van der Waals surface area contributed by atoms with Crippen LogP contribution in [0.2, 0.25) is 0 Å². The molecule has 14 heteroatoms. The number of phosphoric acid groups is 2. The molecule has 5 N–H and O–H groups in total. The molecule has 2 heterocycles. The fourth-order valence-corrected chi connectivity index (χ4v) is 6.28. The lowest BCUT2D eigenvalue weighted by Gasteiger charge is -2.36. The highest BCUT2D eigenvalue weighted by Crippen LogP contribution is 2.50. The van der Waals surface area contributed by atoms with Crippen LogP contribution in [0.3, 0.4) is 0 Å². The first-order chi connectivity index (χ1) is 12.0. The van der Waals surface area contributed by atoms with Crippen molar-refractivity contribution in [2.24, 2.45) is 11.7 Å². The summed E-state index contributed by atoms with van der Waals surface area (Å²) >= 11 is 1.70. The van der Waals surface area contributed by atoms with Gasteiger partial charge in [-0.2, -0.15) is 0 Å². The minimum absolute atomic E-state index is 0.0725. The quantitative estimate of drug-likeness (QED) is 0.280. The predicted octanol–water partition coefficient (Wildman–Crippen LogP) is -3.51. The van der Waals surface area contributed by atoms with E-state index in [2.05, 4.69) is 26.4 Å². The van der Waals surface area contributed by atoms with Gasteiger partial charge in [-0.05, 0) is 20.3 Å². The summed E-state index contributed by atoms with van der Waals surface area (Å²) in [5.41, 5.74) is 6.16. The zero-order valence-electron chi connectivity index (χ0n) is 14.7. The van der Waals surface area contributed by atoms with Crippen molar-refractivity contribution in [1.29, 1.82) is 0 Å².